The second-order valence-corrected chi connectivity index (χ2v) is 3.59. The van der Waals surface area contributed by atoms with Gasteiger partial charge in [-0.15, -0.1) is 0 Å². The van der Waals surface area contributed by atoms with Crippen molar-refractivity contribution < 1.29 is 19.4 Å². The Morgan fingerprint density at radius 1 is 1.33 bits per heavy atom. The molecule has 0 aliphatic heterocycles. The van der Waals surface area contributed by atoms with Crippen LogP contribution in [0.2, 0.25) is 0 Å². The highest BCUT2D eigenvalue weighted by atomic mass is 16.7. The van der Waals surface area contributed by atoms with Crippen LogP contribution in [0.5, 0.6) is 5.75 Å². The van der Waals surface area contributed by atoms with E-state index in [1.54, 1.807) is 19.2 Å². The van der Waals surface area contributed by atoms with E-state index >= 15 is 0 Å². The van der Waals surface area contributed by atoms with Crippen molar-refractivity contribution in [2.75, 3.05) is 7.11 Å². The predicted octanol–water partition coefficient (Wildman–Crippen LogP) is 2.38. The first-order valence-electron chi connectivity index (χ1n) is 4.73. The zero-order chi connectivity index (χ0) is 10.9. The van der Waals surface area contributed by atoms with Crippen molar-refractivity contribution in [2.24, 2.45) is 0 Å². The lowest BCUT2D eigenvalue weighted by molar-refractivity contribution is 0.0375. The van der Waals surface area contributed by atoms with Gasteiger partial charge in [0, 0.05) is 0 Å². The van der Waals surface area contributed by atoms with E-state index in [4.69, 9.17) is 14.6 Å². The smallest absolute Gasteiger partial charge is 0.497 e. The summed E-state index contributed by atoms with van der Waals surface area (Å²) in [5.74, 6) is 0.755. The summed E-state index contributed by atoms with van der Waals surface area (Å²) in [6.07, 6.45) is 0.292. The Balaban J connectivity index is 2.18. The fourth-order valence-corrected chi connectivity index (χ4v) is 1.63. The molecule has 0 heterocycles. The molecule has 2 rings (SSSR count). The van der Waals surface area contributed by atoms with Crippen molar-refractivity contribution in [1.29, 1.82) is 0 Å². The lowest BCUT2D eigenvalue weighted by atomic mass is 10.1. The molecule has 4 heteroatoms. The fraction of sp³-hybridized carbons (Fsp3) is 0.364. The van der Waals surface area contributed by atoms with Gasteiger partial charge in [0.05, 0.1) is 7.11 Å². The van der Waals surface area contributed by atoms with Gasteiger partial charge in [-0.3, -0.25) is 0 Å². The molecule has 0 spiro atoms. The molecule has 1 fully saturated rings. The number of ether oxygens (including phenoxy) is 2. The number of methoxy groups -OCH3 is 1. The quantitative estimate of drug-likeness (QED) is 0.775. The Morgan fingerprint density at radius 3 is 2.33 bits per heavy atom. The monoisotopic (exact) mass is 208 g/mol. The molecule has 80 valence electrons. The second kappa shape index (κ2) is 3.46. The minimum atomic E-state index is -1.22. The van der Waals surface area contributed by atoms with Crippen LogP contribution in [0.1, 0.15) is 18.4 Å². The highest BCUT2D eigenvalue weighted by Gasteiger charge is 2.48. The average Bonchev–Trinajstić information content (AvgIpc) is 2.98. The van der Waals surface area contributed by atoms with Crippen LogP contribution in [0.3, 0.4) is 0 Å². The highest BCUT2D eigenvalue weighted by molar-refractivity contribution is 5.59. The Morgan fingerprint density at radius 2 is 1.93 bits per heavy atom. The molecular weight excluding hydrogens is 196 g/mol. The van der Waals surface area contributed by atoms with E-state index in [-0.39, 0.29) is 0 Å². The molecule has 0 saturated heterocycles. The van der Waals surface area contributed by atoms with Crippen molar-refractivity contribution in [1.82, 2.24) is 0 Å². The van der Waals surface area contributed by atoms with Crippen molar-refractivity contribution in [3.05, 3.63) is 29.8 Å². The molecule has 1 N–H and O–H groups in total. The number of rotatable bonds is 3. The molecule has 1 aliphatic carbocycles. The molecule has 0 unspecified atom stereocenters. The van der Waals surface area contributed by atoms with Crippen molar-refractivity contribution in [3.63, 3.8) is 0 Å². The van der Waals surface area contributed by atoms with Gasteiger partial charge in [-0.25, -0.2) is 4.79 Å². The third-order valence-electron chi connectivity index (χ3n) is 2.60. The summed E-state index contributed by atoms with van der Waals surface area (Å²) in [5, 5.41) is 8.60. The Labute approximate surface area is 87.4 Å². The maximum Gasteiger partial charge on any atom is 0.506 e. The van der Waals surface area contributed by atoms with Crippen LogP contribution in [-0.2, 0) is 10.3 Å². The van der Waals surface area contributed by atoms with Gasteiger partial charge >= 0.3 is 6.16 Å². The topological polar surface area (TPSA) is 55.8 Å². The van der Waals surface area contributed by atoms with Gasteiger partial charge in [0.1, 0.15) is 11.4 Å². The van der Waals surface area contributed by atoms with Gasteiger partial charge in [-0.2, -0.15) is 0 Å². The van der Waals surface area contributed by atoms with Crippen molar-refractivity contribution in [2.45, 2.75) is 18.4 Å². The van der Waals surface area contributed by atoms with Gasteiger partial charge in [0.2, 0.25) is 0 Å². The number of hydrogen-bond acceptors (Lipinski definition) is 3. The minimum Gasteiger partial charge on any atom is -0.497 e. The van der Waals surface area contributed by atoms with E-state index in [1.807, 2.05) is 12.1 Å². The largest absolute Gasteiger partial charge is 0.506 e. The molecule has 1 aromatic rings. The van der Waals surface area contributed by atoms with Gasteiger partial charge in [0.25, 0.3) is 0 Å². The summed E-state index contributed by atoms with van der Waals surface area (Å²) in [6.45, 7) is 0. The summed E-state index contributed by atoms with van der Waals surface area (Å²) < 4.78 is 9.91. The minimum absolute atomic E-state index is 0.599. The lowest BCUT2D eigenvalue weighted by Gasteiger charge is -2.14. The Kier molecular flexibility index (Phi) is 2.26. The molecule has 1 aliphatic rings. The van der Waals surface area contributed by atoms with Gasteiger partial charge in [-0.05, 0) is 30.5 Å². The molecule has 1 aromatic carbocycles. The van der Waals surface area contributed by atoms with Crippen LogP contribution >= 0.6 is 0 Å². The number of hydrogen-bond donors (Lipinski definition) is 1. The molecule has 0 aromatic heterocycles. The zero-order valence-corrected chi connectivity index (χ0v) is 8.40. The van der Waals surface area contributed by atoms with Crippen LogP contribution in [0.4, 0.5) is 4.79 Å². The molecule has 4 nitrogen and oxygen atoms in total. The van der Waals surface area contributed by atoms with E-state index in [9.17, 15) is 4.79 Å². The van der Waals surface area contributed by atoms with Gasteiger partial charge in [-0.1, -0.05) is 12.1 Å². The maximum atomic E-state index is 10.5. The third kappa shape index (κ3) is 1.88. The van der Waals surface area contributed by atoms with E-state index in [0.717, 1.165) is 24.2 Å². The second-order valence-electron chi connectivity index (χ2n) is 3.59. The molecule has 0 atom stereocenters. The van der Waals surface area contributed by atoms with Crippen LogP contribution in [0.15, 0.2) is 24.3 Å². The van der Waals surface area contributed by atoms with Crippen LogP contribution in [-0.4, -0.2) is 18.4 Å². The first kappa shape index (κ1) is 9.83. The van der Waals surface area contributed by atoms with E-state index in [0.29, 0.717) is 0 Å². The first-order valence-corrected chi connectivity index (χ1v) is 4.73. The Hall–Kier alpha value is -1.71. The summed E-state index contributed by atoms with van der Waals surface area (Å²) in [7, 11) is 1.59. The number of carboxylic acid groups (broad SMARTS) is 1. The normalized spacial score (nSPS) is 16.9. The number of benzene rings is 1. The third-order valence-corrected chi connectivity index (χ3v) is 2.60. The van der Waals surface area contributed by atoms with Crippen LogP contribution < -0.4 is 4.74 Å². The first-order chi connectivity index (χ1) is 7.16. The molecular formula is C11H12O4. The van der Waals surface area contributed by atoms with Gasteiger partial charge < -0.3 is 14.6 Å². The standard InChI is InChI=1S/C11H12O4/c1-14-9-4-2-8(3-5-9)11(6-7-11)15-10(12)13/h2-5H,6-7H2,1H3,(H,12,13). The Bertz CT molecular complexity index is 365. The van der Waals surface area contributed by atoms with E-state index in [2.05, 4.69) is 0 Å². The van der Waals surface area contributed by atoms with E-state index in [1.165, 1.54) is 0 Å². The van der Waals surface area contributed by atoms with Crippen molar-refractivity contribution >= 4 is 6.16 Å². The molecule has 1 saturated carbocycles. The van der Waals surface area contributed by atoms with Gasteiger partial charge in [0.15, 0.2) is 0 Å². The zero-order valence-electron chi connectivity index (χ0n) is 8.40. The highest BCUT2D eigenvalue weighted by Crippen LogP contribution is 2.49. The number of carbonyl (C=O) groups is 1. The summed E-state index contributed by atoms with van der Waals surface area (Å²) in [4.78, 5) is 10.5. The molecule has 0 radical (unpaired) electrons. The molecule has 15 heavy (non-hydrogen) atoms. The van der Waals surface area contributed by atoms with Crippen LogP contribution in [0.25, 0.3) is 0 Å². The average molecular weight is 208 g/mol. The molecule has 0 amide bonds. The summed E-state index contributed by atoms with van der Waals surface area (Å²) in [5.41, 5.74) is 0.295. The SMILES string of the molecule is COc1ccc(C2(OC(=O)O)CC2)cc1. The van der Waals surface area contributed by atoms with Crippen LogP contribution in [0, 0.1) is 0 Å². The lowest BCUT2D eigenvalue weighted by Crippen LogP contribution is -2.15. The molecule has 0 bridgehead atoms. The fourth-order valence-electron chi connectivity index (χ4n) is 1.63. The van der Waals surface area contributed by atoms with Crippen molar-refractivity contribution in [3.8, 4) is 5.75 Å². The summed E-state index contributed by atoms with van der Waals surface area (Å²) >= 11 is 0. The van der Waals surface area contributed by atoms with E-state index < -0.39 is 11.8 Å². The predicted molar refractivity (Wildman–Crippen MR) is 53.0 cm³/mol. The maximum absolute atomic E-state index is 10.5. The summed E-state index contributed by atoms with van der Waals surface area (Å²) in [6, 6.07) is 7.30.